The summed E-state index contributed by atoms with van der Waals surface area (Å²) in [5.74, 6) is 0.414. The second-order valence-corrected chi connectivity index (χ2v) is 5.46. The van der Waals surface area contributed by atoms with Gasteiger partial charge in [-0.3, -0.25) is 4.79 Å². The first-order valence-corrected chi connectivity index (χ1v) is 7.56. The van der Waals surface area contributed by atoms with Gasteiger partial charge in [-0.15, -0.1) is 0 Å². The summed E-state index contributed by atoms with van der Waals surface area (Å²) in [6.45, 7) is 3.58. The van der Waals surface area contributed by atoms with Crippen LogP contribution in [-0.4, -0.2) is 31.1 Å². The number of nitrogens with one attached hydrogen (secondary N) is 2. The number of carbonyl (C=O) groups is 1. The predicted octanol–water partition coefficient (Wildman–Crippen LogP) is 2.24. The van der Waals surface area contributed by atoms with E-state index >= 15 is 0 Å². The summed E-state index contributed by atoms with van der Waals surface area (Å²) in [6.07, 6.45) is 3.23. The Kier molecular flexibility index (Phi) is 5.99. The van der Waals surface area contributed by atoms with Crippen LogP contribution in [0.2, 0.25) is 0 Å². The number of ether oxygens (including phenoxy) is 1. The average Bonchev–Trinajstić information content (AvgIpc) is 2.48. The van der Waals surface area contributed by atoms with Crippen molar-refractivity contribution in [2.24, 2.45) is 0 Å². The highest BCUT2D eigenvalue weighted by atomic mass is 19.1. The van der Waals surface area contributed by atoms with E-state index in [0.717, 1.165) is 19.4 Å². The van der Waals surface area contributed by atoms with Crippen LogP contribution >= 0.6 is 0 Å². The van der Waals surface area contributed by atoms with Gasteiger partial charge in [0.25, 0.3) is 0 Å². The lowest BCUT2D eigenvalue weighted by atomic mass is 10.00. The predicted molar refractivity (Wildman–Crippen MR) is 79.8 cm³/mol. The number of piperidine rings is 1. The number of hydrogen-bond acceptors (Lipinski definition) is 3. The fraction of sp³-hybridized carbons (Fsp3) is 0.562. The molecule has 1 heterocycles. The van der Waals surface area contributed by atoms with E-state index in [-0.39, 0.29) is 17.8 Å². The van der Waals surface area contributed by atoms with Crippen LogP contribution in [0, 0.1) is 5.82 Å². The molecule has 2 N–H and O–H groups in total. The summed E-state index contributed by atoms with van der Waals surface area (Å²) in [7, 11) is 0. The molecule has 1 aromatic carbocycles. The molecule has 116 valence electrons. The van der Waals surface area contributed by atoms with Crippen molar-refractivity contribution in [3.8, 4) is 5.75 Å². The maximum absolute atomic E-state index is 12.7. The van der Waals surface area contributed by atoms with Crippen LogP contribution < -0.4 is 15.4 Å². The van der Waals surface area contributed by atoms with Crippen LogP contribution in [0.4, 0.5) is 4.39 Å². The van der Waals surface area contributed by atoms with Gasteiger partial charge in [0.15, 0.2) is 0 Å². The monoisotopic (exact) mass is 294 g/mol. The molecule has 0 spiro atoms. The van der Waals surface area contributed by atoms with Crippen molar-refractivity contribution in [1.82, 2.24) is 10.6 Å². The quantitative estimate of drug-likeness (QED) is 0.791. The number of benzene rings is 1. The van der Waals surface area contributed by atoms with E-state index in [0.29, 0.717) is 31.2 Å². The summed E-state index contributed by atoms with van der Waals surface area (Å²) in [5.41, 5.74) is 0. The lowest BCUT2D eigenvalue weighted by Gasteiger charge is -2.30. The van der Waals surface area contributed by atoms with Gasteiger partial charge >= 0.3 is 0 Å². The Morgan fingerprint density at radius 2 is 2.19 bits per heavy atom. The van der Waals surface area contributed by atoms with Crippen molar-refractivity contribution in [2.45, 2.75) is 44.7 Å². The standard InChI is InChI=1S/C16H23FN2O2/c1-12-15(4-2-10-18-12)19-16(20)5-3-11-21-14-8-6-13(17)7-9-14/h6-9,12,15,18H,2-5,10-11H2,1H3,(H,19,20). The first kappa shape index (κ1) is 15.8. The van der Waals surface area contributed by atoms with E-state index in [1.807, 2.05) is 0 Å². The minimum atomic E-state index is -0.281. The molecule has 2 atom stereocenters. The molecule has 0 saturated carbocycles. The van der Waals surface area contributed by atoms with Gasteiger partial charge in [-0.25, -0.2) is 4.39 Å². The Hall–Kier alpha value is -1.62. The average molecular weight is 294 g/mol. The lowest BCUT2D eigenvalue weighted by Crippen LogP contribution is -2.51. The van der Waals surface area contributed by atoms with Gasteiger partial charge in [0.2, 0.25) is 5.91 Å². The summed E-state index contributed by atoms with van der Waals surface area (Å²) in [4.78, 5) is 11.9. The number of hydrogen-bond donors (Lipinski definition) is 2. The van der Waals surface area contributed by atoms with E-state index in [4.69, 9.17) is 4.74 Å². The molecule has 2 rings (SSSR count). The molecule has 5 heteroatoms. The molecule has 0 bridgehead atoms. The smallest absolute Gasteiger partial charge is 0.220 e. The van der Waals surface area contributed by atoms with Crippen molar-refractivity contribution in [3.63, 3.8) is 0 Å². The van der Waals surface area contributed by atoms with Crippen molar-refractivity contribution >= 4 is 5.91 Å². The van der Waals surface area contributed by atoms with Crippen LogP contribution in [0.1, 0.15) is 32.6 Å². The molecule has 21 heavy (non-hydrogen) atoms. The zero-order chi connectivity index (χ0) is 15.1. The van der Waals surface area contributed by atoms with Gasteiger partial charge in [-0.05, 0) is 57.0 Å². The lowest BCUT2D eigenvalue weighted by molar-refractivity contribution is -0.122. The van der Waals surface area contributed by atoms with E-state index in [9.17, 15) is 9.18 Å². The molecule has 2 unspecified atom stereocenters. The van der Waals surface area contributed by atoms with Crippen molar-refractivity contribution < 1.29 is 13.9 Å². The maximum Gasteiger partial charge on any atom is 0.220 e. The largest absolute Gasteiger partial charge is 0.494 e. The van der Waals surface area contributed by atoms with Crippen LogP contribution in [0.3, 0.4) is 0 Å². The van der Waals surface area contributed by atoms with Gasteiger partial charge in [0, 0.05) is 18.5 Å². The summed E-state index contributed by atoms with van der Waals surface area (Å²) in [6, 6.07) is 6.46. The van der Waals surface area contributed by atoms with Gasteiger partial charge < -0.3 is 15.4 Å². The molecule has 1 aliphatic rings. The van der Waals surface area contributed by atoms with Crippen LogP contribution in [0.25, 0.3) is 0 Å². The first-order valence-electron chi connectivity index (χ1n) is 7.56. The summed E-state index contributed by atoms with van der Waals surface area (Å²) < 4.78 is 18.2. The topological polar surface area (TPSA) is 50.4 Å². The van der Waals surface area contributed by atoms with Crippen molar-refractivity contribution in [2.75, 3.05) is 13.2 Å². The summed E-state index contributed by atoms with van der Waals surface area (Å²) >= 11 is 0. The minimum Gasteiger partial charge on any atom is -0.494 e. The highest BCUT2D eigenvalue weighted by molar-refractivity contribution is 5.76. The highest BCUT2D eigenvalue weighted by Gasteiger charge is 2.21. The van der Waals surface area contributed by atoms with E-state index in [1.54, 1.807) is 12.1 Å². The highest BCUT2D eigenvalue weighted by Crippen LogP contribution is 2.12. The first-order chi connectivity index (χ1) is 10.1. The molecular formula is C16H23FN2O2. The fourth-order valence-corrected chi connectivity index (χ4v) is 2.47. The van der Waals surface area contributed by atoms with Crippen LogP contribution in [0.15, 0.2) is 24.3 Å². The molecule has 0 aromatic heterocycles. The zero-order valence-electron chi connectivity index (χ0n) is 12.4. The number of rotatable bonds is 6. The Morgan fingerprint density at radius 1 is 1.43 bits per heavy atom. The third-order valence-corrected chi connectivity index (χ3v) is 3.74. The van der Waals surface area contributed by atoms with E-state index in [2.05, 4.69) is 17.6 Å². The SMILES string of the molecule is CC1NCCCC1NC(=O)CCCOc1ccc(F)cc1. The molecule has 4 nitrogen and oxygen atoms in total. The molecule has 1 amide bonds. The van der Waals surface area contributed by atoms with Gasteiger partial charge in [0.1, 0.15) is 11.6 Å². The van der Waals surface area contributed by atoms with Crippen molar-refractivity contribution in [3.05, 3.63) is 30.1 Å². The molecule has 1 fully saturated rings. The minimum absolute atomic E-state index is 0.0678. The molecule has 1 saturated heterocycles. The Morgan fingerprint density at radius 3 is 2.90 bits per heavy atom. The molecular weight excluding hydrogens is 271 g/mol. The molecule has 0 radical (unpaired) electrons. The maximum atomic E-state index is 12.7. The van der Waals surface area contributed by atoms with Gasteiger partial charge in [-0.1, -0.05) is 0 Å². The molecule has 1 aliphatic heterocycles. The van der Waals surface area contributed by atoms with Crippen LogP contribution in [-0.2, 0) is 4.79 Å². The Balaban J connectivity index is 1.61. The van der Waals surface area contributed by atoms with E-state index < -0.39 is 0 Å². The third-order valence-electron chi connectivity index (χ3n) is 3.74. The second kappa shape index (κ2) is 7.98. The second-order valence-electron chi connectivity index (χ2n) is 5.46. The van der Waals surface area contributed by atoms with Gasteiger partial charge in [0.05, 0.1) is 6.61 Å². The number of amides is 1. The summed E-state index contributed by atoms with van der Waals surface area (Å²) in [5, 5.41) is 6.43. The molecule has 0 aliphatic carbocycles. The Bertz CT molecular complexity index is 450. The zero-order valence-corrected chi connectivity index (χ0v) is 12.4. The normalized spacial score (nSPS) is 21.8. The van der Waals surface area contributed by atoms with Crippen molar-refractivity contribution in [1.29, 1.82) is 0 Å². The van der Waals surface area contributed by atoms with Gasteiger partial charge in [-0.2, -0.15) is 0 Å². The van der Waals surface area contributed by atoms with Crippen LogP contribution in [0.5, 0.6) is 5.75 Å². The Labute approximate surface area is 125 Å². The molecule has 1 aromatic rings. The number of halogens is 1. The third kappa shape index (κ3) is 5.34. The van der Waals surface area contributed by atoms with E-state index in [1.165, 1.54) is 12.1 Å². The fourth-order valence-electron chi connectivity index (χ4n) is 2.47. The number of carbonyl (C=O) groups excluding carboxylic acids is 1.